The number of carbonyl (C=O) groups excluding carboxylic acids is 1. The second-order valence-corrected chi connectivity index (χ2v) is 8.30. The minimum atomic E-state index is -0.775. The van der Waals surface area contributed by atoms with Crippen molar-refractivity contribution in [2.24, 2.45) is 11.8 Å². The number of aliphatic hydroxyl groups excluding tert-OH is 1. The number of hydrogen-bond donors (Lipinski definition) is 1. The van der Waals surface area contributed by atoms with E-state index < -0.39 is 12.2 Å². The molecule has 2 aliphatic heterocycles. The van der Waals surface area contributed by atoms with Crippen LogP contribution in [0.5, 0.6) is 0 Å². The van der Waals surface area contributed by atoms with Crippen LogP contribution in [0.4, 0.5) is 0 Å². The standard InChI is InChI=1S/C21H32O5/c1-13-7-5-9-14(2)18(22)19-15(16(12-24-4)20(23)25-19)11-17-21(3,26-17)10-6-8-13/h8-9,15-19,22H,5-7,10-12H2,1-4H3. The van der Waals surface area contributed by atoms with E-state index in [1.807, 2.05) is 6.92 Å². The van der Waals surface area contributed by atoms with E-state index in [1.165, 1.54) is 5.57 Å². The van der Waals surface area contributed by atoms with Gasteiger partial charge in [-0.05, 0) is 58.4 Å². The lowest BCUT2D eigenvalue weighted by Crippen LogP contribution is -2.36. The van der Waals surface area contributed by atoms with E-state index in [0.29, 0.717) is 13.0 Å². The topological polar surface area (TPSA) is 68.3 Å². The van der Waals surface area contributed by atoms with Crippen LogP contribution in [0.3, 0.4) is 0 Å². The lowest BCUT2D eigenvalue weighted by atomic mass is 9.81. The number of ether oxygens (including phenoxy) is 3. The van der Waals surface area contributed by atoms with Gasteiger partial charge in [-0.3, -0.25) is 4.79 Å². The van der Waals surface area contributed by atoms with Crippen LogP contribution >= 0.6 is 0 Å². The molecule has 2 heterocycles. The van der Waals surface area contributed by atoms with Gasteiger partial charge in [-0.25, -0.2) is 0 Å². The zero-order valence-corrected chi connectivity index (χ0v) is 16.4. The van der Waals surface area contributed by atoms with Crippen molar-refractivity contribution in [1.82, 2.24) is 0 Å². The van der Waals surface area contributed by atoms with Crippen molar-refractivity contribution in [2.45, 2.75) is 76.8 Å². The number of aliphatic hydroxyl groups is 1. The van der Waals surface area contributed by atoms with Crippen molar-refractivity contribution in [3.05, 3.63) is 23.3 Å². The van der Waals surface area contributed by atoms with Crippen LogP contribution in [0.2, 0.25) is 0 Å². The summed E-state index contributed by atoms with van der Waals surface area (Å²) in [7, 11) is 1.59. The monoisotopic (exact) mass is 364 g/mol. The minimum Gasteiger partial charge on any atom is -0.459 e. The van der Waals surface area contributed by atoms with E-state index in [4.69, 9.17) is 14.2 Å². The normalized spacial score (nSPS) is 41.3. The average Bonchev–Trinajstić information content (AvgIpc) is 3.12. The summed E-state index contributed by atoms with van der Waals surface area (Å²) in [4.78, 5) is 12.4. The van der Waals surface area contributed by atoms with Gasteiger partial charge in [0.25, 0.3) is 0 Å². The summed E-state index contributed by atoms with van der Waals surface area (Å²) >= 11 is 0. The molecule has 146 valence electrons. The number of carbonyl (C=O) groups is 1. The highest BCUT2D eigenvalue weighted by atomic mass is 16.6. The number of fused-ring (bicyclic) bond motifs is 2. The molecule has 0 saturated carbocycles. The highest BCUT2D eigenvalue weighted by molar-refractivity contribution is 5.75. The lowest BCUT2D eigenvalue weighted by molar-refractivity contribution is -0.148. The van der Waals surface area contributed by atoms with Crippen LogP contribution < -0.4 is 0 Å². The van der Waals surface area contributed by atoms with Crippen molar-refractivity contribution in [3.63, 3.8) is 0 Å². The Kier molecular flexibility index (Phi) is 5.90. The molecule has 3 aliphatic rings. The summed E-state index contributed by atoms with van der Waals surface area (Å²) in [5.74, 6) is -0.693. The van der Waals surface area contributed by atoms with E-state index in [-0.39, 0.29) is 29.5 Å². The summed E-state index contributed by atoms with van der Waals surface area (Å²) in [5, 5.41) is 10.8. The first-order valence-corrected chi connectivity index (χ1v) is 9.73. The molecule has 0 aromatic carbocycles. The molecule has 6 unspecified atom stereocenters. The first kappa shape index (κ1) is 19.6. The SMILES string of the molecule is COCC1C(=O)OC2C(O)C(C)=CCCC(C)=CCCC3(C)OC3CC12. The molecule has 0 aromatic heterocycles. The average molecular weight is 364 g/mol. The summed E-state index contributed by atoms with van der Waals surface area (Å²) in [5.41, 5.74) is 2.10. The highest BCUT2D eigenvalue weighted by Gasteiger charge is 2.57. The Labute approximate surface area is 156 Å². The number of hydrogen-bond acceptors (Lipinski definition) is 5. The largest absolute Gasteiger partial charge is 0.459 e. The molecule has 1 aliphatic carbocycles. The van der Waals surface area contributed by atoms with Crippen LogP contribution in [-0.4, -0.2) is 48.7 Å². The maximum absolute atomic E-state index is 12.4. The third-order valence-corrected chi connectivity index (χ3v) is 6.28. The van der Waals surface area contributed by atoms with Gasteiger partial charge in [0, 0.05) is 13.0 Å². The van der Waals surface area contributed by atoms with Gasteiger partial charge in [0.1, 0.15) is 12.2 Å². The highest BCUT2D eigenvalue weighted by Crippen LogP contribution is 2.48. The molecule has 3 rings (SSSR count). The fraction of sp³-hybridized carbons (Fsp3) is 0.762. The van der Waals surface area contributed by atoms with Crippen LogP contribution in [0.25, 0.3) is 0 Å². The maximum Gasteiger partial charge on any atom is 0.312 e. The summed E-state index contributed by atoms with van der Waals surface area (Å²) in [6.45, 7) is 6.54. The molecule has 6 atom stereocenters. The third-order valence-electron chi connectivity index (χ3n) is 6.28. The summed E-state index contributed by atoms with van der Waals surface area (Å²) in [6, 6.07) is 0. The van der Waals surface area contributed by atoms with Gasteiger partial charge in [0.15, 0.2) is 0 Å². The van der Waals surface area contributed by atoms with Crippen LogP contribution in [-0.2, 0) is 19.0 Å². The quantitative estimate of drug-likeness (QED) is 0.463. The summed E-state index contributed by atoms with van der Waals surface area (Å²) < 4.78 is 16.9. The summed E-state index contributed by atoms with van der Waals surface area (Å²) in [6.07, 6.45) is 7.75. The Balaban J connectivity index is 1.85. The van der Waals surface area contributed by atoms with E-state index in [2.05, 4.69) is 26.0 Å². The zero-order chi connectivity index (χ0) is 18.9. The molecule has 2 saturated heterocycles. The molecular formula is C21H32O5. The van der Waals surface area contributed by atoms with Gasteiger partial charge in [0.05, 0.1) is 24.2 Å². The number of methoxy groups -OCH3 is 1. The van der Waals surface area contributed by atoms with Crippen LogP contribution in [0.1, 0.15) is 52.9 Å². The molecule has 0 aromatic rings. The molecule has 1 N–H and O–H groups in total. The Morgan fingerprint density at radius 2 is 2.08 bits per heavy atom. The maximum atomic E-state index is 12.4. The third kappa shape index (κ3) is 4.05. The predicted molar refractivity (Wildman–Crippen MR) is 98.6 cm³/mol. The predicted octanol–water partition coefficient (Wildman–Crippen LogP) is 3.17. The number of epoxide rings is 1. The van der Waals surface area contributed by atoms with E-state index in [9.17, 15) is 9.90 Å². The minimum absolute atomic E-state index is 0.0900. The smallest absolute Gasteiger partial charge is 0.312 e. The van der Waals surface area contributed by atoms with Crippen molar-refractivity contribution in [3.8, 4) is 0 Å². The number of allylic oxidation sites excluding steroid dienone is 3. The van der Waals surface area contributed by atoms with Gasteiger partial charge in [-0.2, -0.15) is 0 Å². The fourth-order valence-corrected chi connectivity index (χ4v) is 4.35. The second kappa shape index (κ2) is 7.83. The van der Waals surface area contributed by atoms with Crippen molar-refractivity contribution in [2.75, 3.05) is 13.7 Å². The molecule has 2 fully saturated rings. The molecule has 0 amide bonds. The van der Waals surface area contributed by atoms with E-state index >= 15 is 0 Å². The van der Waals surface area contributed by atoms with Crippen molar-refractivity contribution < 1.29 is 24.1 Å². The Morgan fingerprint density at radius 1 is 1.31 bits per heavy atom. The van der Waals surface area contributed by atoms with Gasteiger partial charge in [-0.15, -0.1) is 0 Å². The molecular weight excluding hydrogens is 332 g/mol. The van der Waals surface area contributed by atoms with E-state index in [1.54, 1.807) is 7.11 Å². The Morgan fingerprint density at radius 3 is 2.81 bits per heavy atom. The van der Waals surface area contributed by atoms with Crippen molar-refractivity contribution >= 4 is 5.97 Å². The lowest BCUT2D eigenvalue weighted by Gasteiger charge is -2.25. The first-order valence-electron chi connectivity index (χ1n) is 9.73. The molecule has 0 bridgehead atoms. The molecule has 5 heteroatoms. The Bertz CT molecular complexity index is 595. The van der Waals surface area contributed by atoms with Crippen molar-refractivity contribution in [1.29, 1.82) is 0 Å². The molecule has 5 nitrogen and oxygen atoms in total. The molecule has 0 radical (unpaired) electrons. The molecule has 26 heavy (non-hydrogen) atoms. The fourth-order valence-electron chi connectivity index (χ4n) is 4.35. The van der Waals surface area contributed by atoms with Gasteiger partial charge < -0.3 is 19.3 Å². The van der Waals surface area contributed by atoms with Crippen LogP contribution in [0.15, 0.2) is 23.3 Å². The molecule has 0 spiro atoms. The first-order chi connectivity index (χ1) is 12.4. The van der Waals surface area contributed by atoms with Crippen LogP contribution in [0, 0.1) is 11.8 Å². The van der Waals surface area contributed by atoms with Gasteiger partial charge in [-0.1, -0.05) is 17.7 Å². The van der Waals surface area contributed by atoms with Gasteiger partial charge >= 0.3 is 5.97 Å². The van der Waals surface area contributed by atoms with Gasteiger partial charge in [0.2, 0.25) is 0 Å². The van der Waals surface area contributed by atoms with E-state index in [0.717, 1.165) is 31.3 Å². The zero-order valence-electron chi connectivity index (χ0n) is 16.4. The second-order valence-electron chi connectivity index (χ2n) is 8.30. The Hall–Kier alpha value is -1.17. The number of rotatable bonds is 2. The number of esters is 1.